The van der Waals surface area contributed by atoms with E-state index in [2.05, 4.69) is 35.4 Å². The van der Waals surface area contributed by atoms with Crippen molar-refractivity contribution in [3.05, 3.63) is 23.3 Å². The minimum Gasteiger partial charge on any atom is -0.504 e. The third-order valence-electron chi connectivity index (χ3n) is 12.5. The van der Waals surface area contributed by atoms with Gasteiger partial charge in [0.2, 0.25) is 11.8 Å². The molecular formula is C32H43N3O5. The lowest BCUT2D eigenvalue weighted by Crippen LogP contribution is -2.76. The molecule has 8 aliphatic rings. The summed E-state index contributed by atoms with van der Waals surface area (Å²) in [5.74, 6) is 2.05. The zero-order valence-corrected chi connectivity index (χ0v) is 24.2. The van der Waals surface area contributed by atoms with Crippen molar-refractivity contribution in [1.82, 2.24) is 15.5 Å². The Morgan fingerprint density at radius 3 is 2.77 bits per heavy atom. The number of piperidine rings is 1. The van der Waals surface area contributed by atoms with Crippen LogP contribution in [0.25, 0.3) is 0 Å². The maximum atomic E-state index is 13.5. The van der Waals surface area contributed by atoms with Crippen molar-refractivity contribution < 1.29 is 24.2 Å². The topological polar surface area (TPSA) is 100 Å². The SMILES string of the molecule is CO[C@]12C3C[C@@]4(C[C@]31CNC(=O)[C@H](CC(C)C)NC(C)=O)[C@H]1Cc3ccc(O)c5c3[C@@]4(CCN1CC1CC1)[C@H]2O5. The van der Waals surface area contributed by atoms with Crippen LogP contribution in [-0.2, 0) is 26.2 Å². The normalized spacial score (nSPS) is 41.8. The molecule has 0 radical (unpaired) electrons. The van der Waals surface area contributed by atoms with Gasteiger partial charge in [0.15, 0.2) is 11.5 Å². The molecule has 8 heteroatoms. The van der Waals surface area contributed by atoms with Gasteiger partial charge < -0.3 is 25.2 Å². The van der Waals surface area contributed by atoms with E-state index in [1.165, 1.54) is 37.4 Å². The van der Waals surface area contributed by atoms with Crippen LogP contribution in [0.15, 0.2) is 12.1 Å². The molecule has 5 saturated carbocycles. The third kappa shape index (κ3) is 2.81. The summed E-state index contributed by atoms with van der Waals surface area (Å²) >= 11 is 0. The molecule has 40 heavy (non-hydrogen) atoms. The quantitative estimate of drug-likeness (QED) is 0.438. The van der Waals surface area contributed by atoms with E-state index < -0.39 is 11.6 Å². The lowest BCUT2D eigenvalue weighted by Gasteiger charge is -2.68. The molecule has 3 N–H and O–H groups in total. The van der Waals surface area contributed by atoms with Crippen molar-refractivity contribution in [3.8, 4) is 11.5 Å². The molecule has 1 saturated heterocycles. The number of ether oxygens (including phenoxy) is 2. The highest BCUT2D eigenvalue weighted by atomic mass is 16.6. The van der Waals surface area contributed by atoms with Crippen LogP contribution in [-0.4, -0.2) is 72.4 Å². The first-order valence-corrected chi connectivity index (χ1v) is 15.5. The van der Waals surface area contributed by atoms with E-state index in [0.717, 1.165) is 38.1 Å². The number of likely N-dealkylation sites (tertiary alicyclic amines) is 1. The predicted octanol–water partition coefficient (Wildman–Crippen LogP) is 2.89. The molecule has 9 rings (SSSR count). The first-order chi connectivity index (χ1) is 19.1. The number of aromatic hydroxyl groups is 1. The molecule has 2 amide bonds. The van der Waals surface area contributed by atoms with E-state index >= 15 is 0 Å². The standard InChI is InChI=1S/C32H43N3O5/c1-17(2)11-21(34-18(3)36)27(38)33-16-30-15-29-13-23(30)32(30,39-4)28-31(29)9-10-35(14-19-5-6-19)24(29)12-20-7-8-22(37)26(40-28)25(20)31/h7-8,17,19,21,23-24,28,37H,5-6,9-16H2,1-4H3,(H,33,38)(H,34,36)/t21-,23?,24+,28+,29+,30-,31-,32-/m0/s1. The van der Waals surface area contributed by atoms with Gasteiger partial charge in [-0.2, -0.15) is 0 Å². The number of methoxy groups -OCH3 is 1. The number of carbonyl (C=O) groups is 2. The summed E-state index contributed by atoms with van der Waals surface area (Å²) in [5.41, 5.74) is 1.79. The fraction of sp³-hybridized carbons (Fsp3) is 0.750. The Bertz CT molecular complexity index is 1310. The molecule has 1 unspecified atom stereocenters. The van der Waals surface area contributed by atoms with Crippen LogP contribution < -0.4 is 15.4 Å². The number of phenols is 1. The van der Waals surface area contributed by atoms with Crippen LogP contribution >= 0.6 is 0 Å². The largest absolute Gasteiger partial charge is 0.504 e. The van der Waals surface area contributed by atoms with Gasteiger partial charge >= 0.3 is 0 Å². The molecule has 0 aromatic heterocycles. The average molecular weight is 550 g/mol. The summed E-state index contributed by atoms with van der Waals surface area (Å²) in [4.78, 5) is 28.2. The van der Waals surface area contributed by atoms with E-state index in [0.29, 0.717) is 30.7 Å². The smallest absolute Gasteiger partial charge is 0.242 e. The summed E-state index contributed by atoms with van der Waals surface area (Å²) in [7, 11) is 1.82. The number of nitrogens with one attached hydrogen (secondary N) is 2. The van der Waals surface area contributed by atoms with Crippen molar-refractivity contribution in [3.63, 3.8) is 0 Å². The number of carbonyl (C=O) groups excluding carboxylic acids is 2. The van der Waals surface area contributed by atoms with Gasteiger partial charge in [-0.15, -0.1) is 0 Å². The van der Waals surface area contributed by atoms with Crippen molar-refractivity contribution in [2.45, 2.75) is 94.9 Å². The van der Waals surface area contributed by atoms with Crippen LogP contribution in [0, 0.1) is 28.6 Å². The Morgan fingerprint density at radius 1 is 1.27 bits per heavy atom. The lowest BCUT2D eigenvalue weighted by molar-refractivity contribution is -0.207. The van der Waals surface area contributed by atoms with Gasteiger partial charge in [-0.3, -0.25) is 14.5 Å². The summed E-state index contributed by atoms with van der Waals surface area (Å²) in [6, 6.07) is 3.87. The van der Waals surface area contributed by atoms with Gasteiger partial charge in [0.05, 0.1) is 0 Å². The Kier molecular flexibility index (Phi) is 5.04. The monoisotopic (exact) mass is 549 g/mol. The minimum atomic E-state index is -0.540. The Labute approximate surface area is 236 Å². The van der Waals surface area contributed by atoms with Crippen molar-refractivity contribution in [1.29, 1.82) is 0 Å². The number of amides is 2. The fourth-order valence-electron chi connectivity index (χ4n) is 11.1. The lowest BCUT2D eigenvalue weighted by atomic mass is 9.40. The van der Waals surface area contributed by atoms with Crippen LogP contribution in [0.4, 0.5) is 0 Å². The second kappa shape index (κ2) is 7.94. The minimum absolute atomic E-state index is 0.0431. The van der Waals surface area contributed by atoms with Gasteiger partial charge in [-0.1, -0.05) is 19.9 Å². The second-order valence-electron chi connectivity index (χ2n) is 14.7. The number of hydrogen-bond acceptors (Lipinski definition) is 6. The van der Waals surface area contributed by atoms with Gasteiger partial charge in [0, 0.05) is 60.9 Å². The van der Waals surface area contributed by atoms with Crippen molar-refractivity contribution >= 4 is 11.8 Å². The van der Waals surface area contributed by atoms with Gasteiger partial charge in [-0.05, 0) is 75.0 Å². The van der Waals surface area contributed by atoms with Crippen molar-refractivity contribution in [2.75, 3.05) is 26.7 Å². The Balaban J connectivity index is 1.18. The number of phenolic OH excluding ortho intramolecular Hbond substituents is 1. The van der Waals surface area contributed by atoms with Crippen LogP contribution in [0.3, 0.4) is 0 Å². The van der Waals surface area contributed by atoms with Crippen LogP contribution in [0.1, 0.15) is 70.4 Å². The number of rotatable bonds is 9. The fourth-order valence-corrected chi connectivity index (χ4v) is 11.1. The van der Waals surface area contributed by atoms with Crippen molar-refractivity contribution in [2.24, 2.45) is 28.6 Å². The molecule has 2 heterocycles. The first-order valence-electron chi connectivity index (χ1n) is 15.5. The molecule has 2 spiro atoms. The van der Waals surface area contributed by atoms with E-state index in [-0.39, 0.29) is 45.8 Å². The summed E-state index contributed by atoms with van der Waals surface area (Å²) in [6.07, 6.45) is 7.25. The number of nitrogens with zero attached hydrogens (tertiary/aromatic N) is 1. The maximum Gasteiger partial charge on any atom is 0.242 e. The molecule has 1 aromatic rings. The van der Waals surface area contributed by atoms with Crippen LogP contribution in [0.2, 0.25) is 0 Å². The van der Waals surface area contributed by atoms with Gasteiger partial charge in [0.25, 0.3) is 0 Å². The third-order valence-corrected chi connectivity index (χ3v) is 12.5. The highest BCUT2D eigenvalue weighted by Gasteiger charge is 2.97. The summed E-state index contributed by atoms with van der Waals surface area (Å²) in [6.45, 7) is 8.39. The molecule has 1 aromatic carbocycles. The molecular weight excluding hydrogens is 506 g/mol. The summed E-state index contributed by atoms with van der Waals surface area (Å²) < 4.78 is 13.5. The molecule has 6 fully saturated rings. The van der Waals surface area contributed by atoms with Gasteiger partial charge in [-0.25, -0.2) is 0 Å². The summed E-state index contributed by atoms with van der Waals surface area (Å²) in [5, 5.41) is 17.2. The van der Waals surface area contributed by atoms with E-state index in [4.69, 9.17) is 9.47 Å². The zero-order valence-electron chi connectivity index (χ0n) is 24.2. The maximum absolute atomic E-state index is 13.5. The zero-order chi connectivity index (χ0) is 27.8. The molecule has 2 aliphatic heterocycles. The predicted molar refractivity (Wildman–Crippen MR) is 148 cm³/mol. The first kappa shape index (κ1) is 25.4. The molecule has 6 aliphatic carbocycles. The molecule has 6 bridgehead atoms. The average Bonchev–Trinajstić information content (AvgIpc) is 3.73. The second-order valence-corrected chi connectivity index (χ2v) is 14.7. The van der Waals surface area contributed by atoms with E-state index in [1.54, 1.807) is 0 Å². The van der Waals surface area contributed by atoms with E-state index in [9.17, 15) is 14.7 Å². The number of hydrogen-bond donors (Lipinski definition) is 3. The highest BCUT2D eigenvalue weighted by molar-refractivity contribution is 5.87. The van der Waals surface area contributed by atoms with Crippen LogP contribution in [0.5, 0.6) is 11.5 Å². The molecule has 216 valence electrons. The molecule has 8 nitrogen and oxygen atoms in total. The van der Waals surface area contributed by atoms with Gasteiger partial charge in [0.1, 0.15) is 17.7 Å². The molecule has 8 atom stereocenters. The Hall–Kier alpha value is -2.32. The highest BCUT2D eigenvalue weighted by Crippen LogP contribution is 2.90. The Morgan fingerprint density at radius 2 is 2.08 bits per heavy atom. The van der Waals surface area contributed by atoms with E-state index in [1.807, 2.05) is 13.2 Å². The number of benzene rings is 1.